The first-order chi connectivity index (χ1) is 10.5. The molecule has 0 spiro atoms. The van der Waals surface area contributed by atoms with Gasteiger partial charge in [0.05, 0.1) is 0 Å². The molecule has 0 atom stereocenters. The monoisotopic (exact) mass is 372 g/mol. The van der Waals surface area contributed by atoms with Crippen LogP contribution in [0.25, 0.3) is 5.65 Å². The summed E-state index contributed by atoms with van der Waals surface area (Å²) in [4.78, 5) is 6.87. The van der Waals surface area contributed by atoms with Crippen LogP contribution in [0, 0.1) is 0 Å². The number of alkyl halides is 5. The summed E-state index contributed by atoms with van der Waals surface area (Å²) in [5.41, 5.74) is -2.90. The second-order valence-corrected chi connectivity index (χ2v) is 8.13. The van der Waals surface area contributed by atoms with Gasteiger partial charge < -0.3 is 0 Å². The van der Waals surface area contributed by atoms with Crippen molar-refractivity contribution in [1.82, 2.24) is 19.6 Å². The van der Waals surface area contributed by atoms with Crippen molar-refractivity contribution in [2.45, 2.75) is 43.4 Å². The predicted molar refractivity (Wildman–Crippen MR) is 72.5 cm³/mol. The number of sulfone groups is 1. The summed E-state index contributed by atoms with van der Waals surface area (Å²) >= 11 is 0. The van der Waals surface area contributed by atoms with Crippen LogP contribution in [-0.2, 0) is 21.2 Å². The van der Waals surface area contributed by atoms with Gasteiger partial charge >= 0.3 is 12.1 Å². The average Bonchev–Trinajstić information content (AvgIpc) is 2.78. The van der Waals surface area contributed by atoms with Gasteiger partial charge in [0, 0.05) is 17.7 Å². The van der Waals surface area contributed by atoms with Gasteiger partial charge in [0.2, 0.25) is 15.0 Å². The molecule has 0 bridgehead atoms. The Morgan fingerprint density at radius 2 is 1.58 bits per heavy atom. The fourth-order valence-corrected chi connectivity index (χ4v) is 2.44. The van der Waals surface area contributed by atoms with Crippen LogP contribution in [0.3, 0.4) is 0 Å². The highest BCUT2D eigenvalue weighted by Crippen LogP contribution is 2.43. The van der Waals surface area contributed by atoms with Crippen LogP contribution in [0.2, 0.25) is 0 Å². The van der Waals surface area contributed by atoms with E-state index in [0.717, 1.165) is 0 Å². The maximum Gasteiger partial charge on any atom is 0.459 e. The van der Waals surface area contributed by atoms with Gasteiger partial charge in [0.1, 0.15) is 5.69 Å². The van der Waals surface area contributed by atoms with E-state index < -0.39 is 43.8 Å². The number of rotatable bonds is 2. The van der Waals surface area contributed by atoms with E-state index in [4.69, 9.17) is 0 Å². The zero-order valence-electron chi connectivity index (χ0n) is 13.0. The third-order valence-electron chi connectivity index (χ3n) is 2.98. The first-order valence-electron chi connectivity index (χ1n) is 6.48. The van der Waals surface area contributed by atoms with Crippen molar-refractivity contribution in [3.63, 3.8) is 0 Å². The Kier molecular flexibility index (Phi) is 3.91. The first-order valence-corrected chi connectivity index (χ1v) is 8.37. The third-order valence-corrected chi connectivity index (χ3v) is 3.90. The van der Waals surface area contributed by atoms with Gasteiger partial charge in [-0.25, -0.2) is 18.4 Å². The Labute approximate surface area is 133 Å². The molecule has 0 N–H and O–H groups in total. The Bertz CT molecular complexity index is 897. The summed E-state index contributed by atoms with van der Waals surface area (Å²) in [6.45, 7) is 5.00. The summed E-state index contributed by atoms with van der Waals surface area (Å²) < 4.78 is 89.0. The minimum absolute atomic E-state index is 0.0710. The van der Waals surface area contributed by atoms with Gasteiger partial charge in [-0.3, -0.25) is 0 Å². The molecule has 0 aliphatic rings. The molecule has 12 heteroatoms. The molecule has 6 nitrogen and oxygen atoms in total. The molecule has 0 aromatic carbocycles. The van der Waals surface area contributed by atoms with Crippen molar-refractivity contribution in [2.24, 2.45) is 0 Å². The van der Waals surface area contributed by atoms with Crippen LogP contribution in [0.5, 0.6) is 0 Å². The highest BCUT2D eigenvalue weighted by molar-refractivity contribution is 7.90. The standard InChI is InChI=1S/C12H13F5N4O2S/c1-10(2,3)8-19-7-5-6(11(13,14)12(15,16)17)18-9(21(7)20-8)24(4,22)23/h5H,1-4H3. The van der Waals surface area contributed by atoms with E-state index in [-0.39, 0.29) is 5.82 Å². The molecule has 0 aliphatic heterocycles. The number of aromatic nitrogens is 4. The lowest BCUT2D eigenvalue weighted by Crippen LogP contribution is -2.35. The lowest BCUT2D eigenvalue weighted by Gasteiger charge is -2.19. The average molecular weight is 372 g/mol. The van der Waals surface area contributed by atoms with Crippen LogP contribution in [0.1, 0.15) is 32.3 Å². The molecular formula is C12H13F5N4O2S. The van der Waals surface area contributed by atoms with Crippen molar-refractivity contribution in [3.05, 3.63) is 17.6 Å². The summed E-state index contributed by atoms with van der Waals surface area (Å²) in [5, 5.41) is 2.83. The van der Waals surface area contributed by atoms with Crippen molar-refractivity contribution < 1.29 is 30.4 Å². The molecule has 24 heavy (non-hydrogen) atoms. The van der Waals surface area contributed by atoms with Gasteiger partial charge in [-0.1, -0.05) is 20.8 Å². The summed E-state index contributed by atoms with van der Waals surface area (Å²) in [5.74, 6) is -5.26. The molecule has 134 valence electrons. The van der Waals surface area contributed by atoms with E-state index >= 15 is 0 Å². The van der Waals surface area contributed by atoms with E-state index in [1.165, 1.54) is 0 Å². The Hall–Kier alpha value is -1.85. The SMILES string of the molecule is CC(C)(C)c1nc2cc(C(F)(F)C(F)(F)F)nc(S(C)(=O)=O)n2n1. The van der Waals surface area contributed by atoms with E-state index in [1.807, 2.05) is 0 Å². The van der Waals surface area contributed by atoms with E-state index in [0.29, 0.717) is 16.8 Å². The lowest BCUT2D eigenvalue weighted by molar-refractivity contribution is -0.291. The van der Waals surface area contributed by atoms with Gasteiger partial charge in [-0.05, 0) is 0 Å². The zero-order chi connectivity index (χ0) is 18.7. The Balaban J connectivity index is 2.88. The highest BCUT2D eigenvalue weighted by atomic mass is 32.2. The number of hydrogen-bond acceptors (Lipinski definition) is 5. The molecule has 0 radical (unpaired) electrons. The normalized spacial score (nSPS) is 14.4. The van der Waals surface area contributed by atoms with Crippen molar-refractivity contribution in [3.8, 4) is 0 Å². The highest BCUT2D eigenvalue weighted by Gasteiger charge is 2.60. The van der Waals surface area contributed by atoms with Gasteiger partial charge in [0.15, 0.2) is 11.5 Å². The van der Waals surface area contributed by atoms with Crippen molar-refractivity contribution in [2.75, 3.05) is 6.26 Å². The van der Waals surface area contributed by atoms with Crippen LogP contribution >= 0.6 is 0 Å². The predicted octanol–water partition coefficient (Wildman–Crippen LogP) is 2.48. The van der Waals surface area contributed by atoms with Crippen LogP contribution < -0.4 is 0 Å². The van der Waals surface area contributed by atoms with E-state index in [9.17, 15) is 30.4 Å². The molecule has 2 heterocycles. The summed E-state index contributed by atoms with van der Waals surface area (Å²) in [6.07, 6.45) is -5.30. The molecule has 0 unspecified atom stereocenters. The topological polar surface area (TPSA) is 77.2 Å². The zero-order valence-corrected chi connectivity index (χ0v) is 13.8. The maximum absolute atomic E-state index is 13.6. The van der Waals surface area contributed by atoms with Gasteiger partial charge in [-0.15, -0.1) is 5.10 Å². The molecule has 2 rings (SSSR count). The second kappa shape index (κ2) is 5.07. The van der Waals surface area contributed by atoms with Gasteiger partial charge in [0.25, 0.3) is 0 Å². The molecule has 0 aliphatic carbocycles. The summed E-state index contributed by atoms with van der Waals surface area (Å²) in [7, 11) is -4.24. The van der Waals surface area contributed by atoms with Crippen LogP contribution in [0.4, 0.5) is 22.0 Å². The van der Waals surface area contributed by atoms with Gasteiger partial charge in [-0.2, -0.15) is 26.5 Å². The molecular weight excluding hydrogens is 359 g/mol. The fourth-order valence-electron chi connectivity index (χ4n) is 1.73. The molecule has 0 saturated heterocycles. The Morgan fingerprint density at radius 3 is 2.00 bits per heavy atom. The number of fused-ring (bicyclic) bond motifs is 1. The molecule has 2 aromatic rings. The Morgan fingerprint density at radius 1 is 1.04 bits per heavy atom. The summed E-state index contributed by atoms with van der Waals surface area (Å²) in [6, 6.07) is 0.379. The maximum atomic E-state index is 13.6. The number of halogens is 5. The van der Waals surface area contributed by atoms with Crippen LogP contribution in [-0.4, -0.2) is 40.4 Å². The minimum atomic E-state index is -5.93. The van der Waals surface area contributed by atoms with Crippen molar-refractivity contribution >= 4 is 15.5 Å². The molecule has 0 fully saturated rings. The molecule has 0 saturated carbocycles. The quantitative estimate of drug-likeness (QED) is 0.598. The minimum Gasteiger partial charge on any atom is -0.221 e. The van der Waals surface area contributed by atoms with E-state index in [2.05, 4.69) is 15.1 Å². The lowest BCUT2D eigenvalue weighted by atomic mass is 9.96. The molecule has 0 amide bonds. The van der Waals surface area contributed by atoms with Crippen molar-refractivity contribution in [1.29, 1.82) is 0 Å². The third kappa shape index (κ3) is 3.06. The number of nitrogens with zero attached hydrogens (tertiary/aromatic N) is 4. The first kappa shape index (κ1) is 18.5. The van der Waals surface area contributed by atoms with Crippen LogP contribution in [0.15, 0.2) is 11.2 Å². The molecule has 2 aromatic heterocycles. The second-order valence-electron chi connectivity index (χ2n) is 6.22. The smallest absolute Gasteiger partial charge is 0.221 e. The fraction of sp³-hybridized carbons (Fsp3) is 0.583. The largest absolute Gasteiger partial charge is 0.459 e. The number of hydrogen-bond donors (Lipinski definition) is 0. The van der Waals surface area contributed by atoms with E-state index in [1.54, 1.807) is 20.8 Å².